The van der Waals surface area contributed by atoms with Crippen LogP contribution in [0.25, 0.3) is 0 Å². The zero-order chi connectivity index (χ0) is 25.8. The van der Waals surface area contributed by atoms with E-state index in [1.807, 2.05) is 0 Å². The van der Waals surface area contributed by atoms with Gasteiger partial charge in [-0.05, 0) is 38.5 Å². The molecule has 0 bridgehead atoms. The second kappa shape index (κ2) is 20.8. The number of hydrogen-bond donors (Lipinski definition) is 0. The molecule has 0 rings (SSSR count). The van der Waals surface area contributed by atoms with Crippen LogP contribution in [0.1, 0.15) is 119 Å². The second-order valence-electron chi connectivity index (χ2n) is 9.53. The van der Waals surface area contributed by atoms with Gasteiger partial charge in [0.05, 0.1) is 0 Å². The number of carbonyl (C=O) groups excluding carboxylic acids is 3. The molecule has 0 aromatic heterocycles. The third kappa shape index (κ3) is 12.2. The summed E-state index contributed by atoms with van der Waals surface area (Å²) in [4.78, 5) is 47.0. The van der Waals surface area contributed by atoms with E-state index in [1.165, 1.54) is 0 Å². The minimum absolute atomic E-state index is 0.284. The largest absolute Gasteiger partial charge is 0.342 e. The molecule has 200 valence electrons. The summed E-state index contributed by atoms with van der Waals surface area (Å²) in [6.07, 6.45) is 11.1. The average molecular weight is 482 g/mol. The van der Waals surface area contributed by atoms with Gasteiger partial charge in [-0.15, -0.1) is 0 Å². The van der Waals surface area contributed by atoms with Gasteiger partial charge in [0.25, 0.3) is 0 Å². The molecule has 6 nitrogen and oxygen atoms in total. The molecule has 0 aliphatic rings. The van der Waals surface area contributed by atoms with Crippen LogP contribution >= 0.6 is 0 Å². The van der Waals surface area contributed by atoms with E-state index in [-0.39, 0.29) is 17.7 Å². The van der Waals surface area contributed by atoms with Crippen LogP contribution in [0.3, 0.4) is 0 Å². The van der Waals surface area contributed by atoms with Crippen LogP contribution in [0, 0.1) is 5.92 Å². The van der Waals surface area contributed by atoms with Crippen molar-refractivity contribution in [3.8, 4) is 0 Å². The molecule has 34 heavy (non-hydrogen) atoms. The molecule has 0 fully saturated rings. The normalized spacial score (nSPS) is 11.0. The van der Waals surface area contributed by atoms with Crippen LogP contribution in [0.5, 0.6) is 0 Å². The maximum absolute atomic E-state index is 13.9. The van der Waals surface area contributed by atoms with E-state index < -0.39 is 5.92 Å². The molecule has 3 amide bonds. The maximum Gasteiger partial charge on any atom is 0.244 e. The van der Waals surface area contributed by atoms with Crippen molar-refractivity contribution in [1.29, 1.82) is 0 Å². The molecule has 0 atom stereocenters. The van der Waals surface area contributed by atoms with Crippen molar-refractivity contribution >= 4 is 17.7 Å². The fourth-order valence-corrected chi connectivity index (χ4v) is 3.96. The lowest BCUT2D eigenvalue weighted by Crippen LogP contribution is -2.53. The third-order valence-corrected chi connectivity index (χ3v) is 6.37. The number of amides is 3. The summed E-state index contributed by atoms with van der Waals surface area (Å²) in [5, 5.41) is 0. The molecule has 0 aromatic carbocycles. The highest BCUT2D eigenvalue weighted by atomic mass is 16.2. The van der Waals surface area contributed by atoms with Gasteiger partial charge in [0.2, 0.25) is 17.7 Å². The first-order valence-corrected chi connectivity index (χ1v) is 14.3. The monoisotopic (exact) mass is 481 g/mol. The summed E-state index contributed by atoms with van der Waals surface area (Å²) in [6, 6.07) is 0. The lowest BCUT2D eigenvalue weighted by atomic mass is 10.0. The van der Waals surface area contributed by atoms with Gasteiger partial charge in [0.1, 0.15) is 0 Å². The molecular formula is C28H55N3O3. The Morgan fingerprint density at radius 1 is 0.412 bits per heavy atom. The first kappa shape index (κ1) is 32.4. The molecule has 6 heteroatoms. The van der Waals surface area contributed by atoms with Crippen molar-refractivity contribution < 1.29 is 14.4 Å². The molecule has 0 aliphatic carbocycles. The van der Waals surface area contributed by atoms with Crippen molar-refractivity contribution in [2.45, 2.75) is 119 Å². The Labute approximate surface area is 210 Å². The first-order chi connectivity index (χ1) is 16.4. The van der Waals surface area contributed by atoms with Crippen LogP contribution in [0.2, 0.25) is 0 Å². The highest BCUT2D eigenvalue weighted by Gasteiger charge is 2.41. The van der Waals surface area contributed by atoms with Crippen LogP contribution in [0.15, 0.2) is 0 Å². The average Bonchev–Trinajstić information content (AvgIpc) is 2.84. The molecule has 0 spiro atoms. The fraction of sp³-hybridized carbons (Fsp3) is 0.893. The minimum Gasteiger partial charge on any atom is -0.342 e. The van der Waals surface area contributed by atoms with E-state index in [0.717, 1.165) is 77.0 Å². The zero-order valence-corrected chi connectivity index (χ0v) is 23.4. The highest BCUT2D eigenvalue weighted by molar-refractivity contribution is 6.17. The molecule has 0 unspecified atom stereocenters. The summed E-state index contributed by atoms with van der Waals surface area (Å²) < 4.78 is 0. The lowest BCUT2D eigenvalue weighted by molar-refractivity contribution is -0.156. The summed E-state index contributed by atoms with van der Waals surface area (Å²) in [6.45, 7) is 16.3. The van der Waals surface area contributed by atoms with Crippen molar-refractivity contribution in [2.24, 2.45) is 5.92 Å². The predicted molar refractivity (Wildman–Crippen MR) is 143 cm³/mol. The van der Waals surface area contributed by atoms with Crippen molar-refractivity contribution in [3.05, 3.63) is 0 Å². The van der Waals surface area contributed by atoms with Gasteiger partial charge in [-0.2, -0.15) is 0 Å². The van der Waals surface area contributed by atoms with Gasteiger partial charge >= 0.3 is 0 Å². The Kier molecular flexibility index (Phi) is 19.8. The maximum atomic E-state index is 13.9. The molecule has 0 radical (unpaired) electrons. The molecular weight excluding hydrogens is 426 g/mol. The number of nitrogens with zero attached hydrogens (tertiary/aromatic N) is 3. The number of unbranched alkanes of at least 4 members (excludes halogenated alkanes) is 6. The smallest absolute Gasteiger partial charge is 0.244 e. The van der Waals surface area contributed by atoms with E-state index in [1.54, 1.807) is 14.7 Å². The number of hydrogen-bond acceptors (Lipinski definition) is 3. The van der Waals surface area contributed by atoms with Crippen LogP contribution in [-0.2, 0) is 14.4 Å². The van der Waals surface area contributed by atoms with E-state index in [2.05, 4.69) is 41.5 Å². The van der Waals surface area contributed by atoms with Crippen molar-refractivity contribution in [2.75, 3.05) is 39.3 Å². The van der Waals surface area contributed by atoms with E-state index in [0.29, 0.717) is 39.3 Å². The Hall–Kier alpha value is -1.59. The zero-order valence-electron chi connectivity index (χ0n) is 23.4. The topological polar surface area (TPSA) is 60.9 Å². The van der Waals surface area contributed by atoms with Gasteiger partial charge in [-0.25, -0.2) is 0 Å². The van der Waals surface area contributed by atoms with Crippen LogP contribution in [0.4, 0.5) is 0 Å². The van der Waals surface area contributed by atoms with Crippen LogP contribution < -0.4 is 0 Å². The summed E-state index contributed by atoms with van der Waals surface area (Å²) in [5.41, 5.74) is 0. The lowest BCUT2D eigenvalue weighted by Gasteiger charge is -2.33. The van der Waals surface area contributed by atoms with Gasteiger partial charge in [0, 0.05) is 39.3 Å². The number of rotatable bonds is 21. The summed E-state index contributed by atoms with van der Waals surface area (Å²) in [5.74, 6) is -2.09. The highest BCUT2D eigenvalue weighted by Crippen LogP contribution is 2.17. The first-order valence-electron chi connectivity index (χ1n) is 14.3. The molecule has 0 aromatic rings. The van der Waals surface area contributed by atoms with E-state index >= 15 is 0 Å². The summed E-state index contributed by atoms with van der Waals surface area (Å²) in [7, 11) is 0. The molecule has 0 saturated carbocycles. The van der Waals surface area contributed by atoms with Crippen molar-refractivity contribution in [3.63, 3.8) is 0 Å². The van der Waals surface area contributed by atoms with Gasteiger partial charge in [0.15, 0.2) is 5.92 Å². The third-order valence-electron chi connectivity index (χ3n) is 6.37. The van der Waals surface area contributed by atoms with Crippen molar-refractivity contribution in [1.82, 2.24) is 14.7 Å². The fourth-order valence-electron chi connectivity index (χ4n) is 3.96. The SMILES string of the molecule is CCCCN(CCCC)C(=O)C(C(=O)N(CCCC)CCCC)C(=O)N(CCCC)CCCC. The Morgan fingerprint density at radius 2 is 0.588 bits per heavy atom. The van der Waals surface area contributed by atoms with E-state index in [4.69, 9.17) is 0 Å². The second-order valence-corrected chi connectivity index (χ2v) is 9.53. The predicted octanol–water partition coefficient (Wildman–Crippen LogP) is 5.89. The standard InChI is InChI=1S/C28H55N3O3/c1-7-13-19-29(20-14-8-2)26(32)25(27(33)30(21-15-9-3)22-16-10-4)28(34)31(23-17-11-5)24-18-12-6/h25H,7-24H2,1-6H3. The quantitative estimate of drug-likeness (QED) is 0.192. The minimum atomic E-state index is -1.24. The molecule has 0 aliphatic heterocycles. The van der Waals surface area contributed by atoms with Gasteiger partial charge in [-0.3, -0.25) is 14.4 Å². The summed E-state index contributed by atoms with van der Waals surface area (Å²) >= 11 is 0. The Balaban J connectivity index is 6.15. The molecule has 0 N–H and O–H groups in total. The van der Waals surface area contributed by atoms with Gasteiger partial charge < -0.3 is 14.7 Å². The Morgan fingerprint density at radius 3 is 0.735 bits per heavy atom. The van der Waals surface area contributed by atoms with E-state index in [9.17, 15) is 14.4 Å². The molecule has 0 saturated heterocycles. The Bertz CT molecular complexity index is 453. The number of carbonyl (C=O) groups is 3. The van der Waals surface area contributed by atoms with Gasteiger partial charge in [-0.1, -0.05) is 80.1 Å². The van der Waals surface area contributed by atoms with Crippen LogP contribution in [-0.4, -0.2) is 71.7 Å². The molecule has 0 heterocycles.